The fourth-order valence-electron chi connectivity index (χ4n) is 5.31. The van der Waals surface area contributed by atoms with E-state index in [1.54, 1.807) is 6.20 Å². The average Bonchev–Trinajstić information content (AvgIpc) is 2.72. The Bertz CT molecular complexity index is 498. The number of aromatic nitrogens is 2. The van der Waals surface area contributed by atoms with Gasteiger partial charge in [0.1, 0.15) is 5.82 Å². The van der Waals surface area contributed by atoms with Gasteiger partial charge in [0.2, 0.25) is 5.91 Å². The van der Waals surface area contributed by atoms with Crippen molar-refractivity contribution < 1.29 is 4.79 Å². The zero-order valence-corrected chi connectivity index (χ0v) is 12.1. The third-order valence-electron chi connectivity index (χ3n) is 5.68. The van der Waals surface area contributed by atoms with Gasteiger partial charge in [-0.05, 0) is 56.3 Å². The lowest BCUT2D eigenvalue weighted by atomic mass is 9.53. The summed E-state index contributed by atoms with van der Waals surface area (Å²) in [5.41, 5.74) is 0.122. The van der Waals surface area contributed by atoms with Crippen LogP contribution in [0.15, 0.2) is 12.4 Å². The Hall–Kier alpha value is -1.32. The van der Waals surface area contributed by atoms with Crippen molar-refractivity contribution in [1.82, 2.24) is 14.9 Å². The Kier molecular flexibility index (Phi) is 2.69. The minimum Gasteiger partial charge on any atom is -0.350 e. The molecule has 108 valence electrons. The van der Waals surface area contributed by atoms with Crippen molar-refractivity contribution in [2.75, 3.05) is 0 Å². The first-order valence-corrected chi connectivity index (χ1v) is 7.89. The van der Waals surface area contributed by atoms with E-state index in [0.29, 0.717) is 6.42 Å². The molecule has 4 heteroatoms. The second-order valence-electron chi connectivity index (χ2n) is 7.38. The van der Waals surface area contributed by atoms with E-state index in [4.69, 9.17) is 0 Å². The van der Waals surface area contributed by atoms with E-state index in [1.165, 1.54) is 38.5 Å². The number of nitrogens with one attached hydrogen (secondary N) is 1. The summed E-state index contributed by atoms with van der Waals surface area (Å²) >= 11 is 0. The number of imidazole rings is 1. The maximum atomic E-state index is 12.4. The number of carbonyl (C=O) groups excluding carboxylic acids is 1. The summed E-state index contributed by atoms with van der Waals surface area (Å²) in [4.78, 5) is 16.6. The Morgan fingerprint density at radius 2 is 1.90 bits per heavy atom. The molecule has 0 radical (unpaired) electrons. The molecule has 0 aromatic carbocycles. The lowest BCUT2D eigenvalue weighted by molar-refractivity contribution is -0.126. The van der Waals surface area contributed by atoms with Crippen LogP contribution in [0.3, 0.4) is 0 Å². The molecular weight excluding hydrogens is 250 g/mol. The quantitative estimate of drug-likeness (QED) is 0.916. The number of aryl methyl sites for hydroxylation is 1. The molecular formula is C16H23N3O. The summed E-state index contributed by atoms with van der Waals surface area (Å²) in [6.45, 7) is 0. The monoisotopic (exact) mass is 273 g/mol. The van der Waals surface area contributed by atoms with E-state index in [2.05, 4.69) is 10.3 Å². The average molecular weight is 273 g/mol. The summed E-state index contributed by atoms with van der Waals surface area (Å²) in [6, 6.07) is 0. The van der Waals surface area contributed by atoms with Crippen molar-refractivity contribution in [2.24, 2.45) is 24.8 Å². The Labute approximate surface area is 120 Å². The summed E-state index contributed by atoms with van der Waals surface area (Å²) in [7, 11) is 1.94. The molecule has 0 unspecified atom stereocenters. The lowest BCUT2D eigenvalue weighted by Gasteiger charge is -2.56. The molecule has 1 N–H and O–H groups in total. The van der Waals surface area contributed by atoms with Gasteiger partial charge in [0, 0.05) is 25.0 Å². The van der Waals surface area contributed by atoms with Gasteiger partial charge in [-0.1, -0.05) is 0 Å². The van der Waals surface area contributed by atoms with Gasteiger partial charge in [-0.15, -0.1) is 0 Å². The van der Waals surface area contributed by atoms with Gasteiger partial charge in [0.05, 0.1) is 6.42 Å². The maximum absolute atomic E-state index is 12.4. The molecule has 0 aliphatic heterocycles. The molecule has 1 amide bonds. The number of hydrogen-bond donors (Lipinski definition) is 1. The van der Waals surface area contributed by atoms with Crippen LogP contribution in [0.2, 0.25) is 0 Å². The second kappa shape index (κ2) is 4.34. The van der Waals surface area contributed by atoms with E-state index in [9.17, 15) is 4.79 Å². The molecule has 0 spiro atoms. The van der Waals surface area contributed by atoms with Gasteiger partial charge in [-0.25, -0.2) is 4.98 Å². The van der Waals surface area contributed by atoms with Crippen LogP contribution in [0.5, 0.6) is 0 Å². The molecule has 4 fully saturated rings. The van der Waals surface area contributed by atoms with E-state index in [0.717, 1.165) is 23.6 Å². The van der Waals surface area contributed by atoms with Crippen LogP contribution >= 0.6 is 0 Å². The van der Waals surface area contributed by atoms with Crippen molar-refractivity contribution in [3.63, 3.8) is 0 Å². The van der Waals surface area contributed by atoms with Gasteiger partial charge < -0.3 is 9.88 Å². The van der Waals surface area contributed by atoms with E-state index < -0.39 is 0 Å². The lowest BCUT2D eigenvalue weighted by Crippen LogP contribution is -2.60. The Balaban J connectivity index is 1.46. The van der Waals surface area contributed by atoms with Gasteiger partial charge in [0.25, 0.3) is 0 Å². The molecule has 4 bridgehead atoms. The topological polar surface area (TPSA) is 46.9 Å². The second-order valence-corrected chi connectivity index (χ2v) is 7.38. The maximum Gasteiger partial charge on any atom is 0.228 e. The standard InChI is InChI=1S/C16H23N3O/c1-19-3-2-17-14(19)7-15(20)18-16-8-11-4-12(9-16)6-13(5-11)10-16/h2-3,11-13H,4-10H2,1H3,(H,18,20). The van der Waals surface area contributed by atoms with Crippen molar-refractivity contribution in [3.05, 3.63) is 18.2 Å². The van der Waals surface area contributed by atoms with Crippen molar-refractivity contribution in [2.45, 2.75) is 50.5 Å². The number of nitrogens with zero attached hydrogens (tertiary/aromatic N) is 2. The molecule has 5 rings (SSSR count). The summed E-state index contributed by atoms with van der Waals surface area (Å²) in [5.74, 6) is 3.62. The minimum atomic E-state index is 0.122. The molecule has 20 heavy (non-hydrogen) atoms. The summed E-state index contributed by atoms with van der Waals surface area (Å²) < 4.78 is 1.93. The molecule has 1 heterocycles. The largest absolute Gasteiger partial charge is 0.350 e. The Morgan fingerprint density at radius 1 is 1.30 bits per heavy atom. The predicted octanol–water partition coefficient (Wildman–Crippen LogP) is 2.05. The molecule has 4 saturated carbocycles. The summed E-state index contributed by atoms with van der Waals surface area (Å²) in [6.07, 6.45) is 11.9. The molecule has 1 aromatic heterocycles. The predicted molar refractivity (Wildman–Crippen MR) is 76.0 cm³/mol. The minimum absolute atomic E-state index is 0.122. The highest BCUT2D eigenvalue weighted by Gasteiger charge is 2.51. The molecule has 1 aromatic rings. The van der Waals surface area contributed by atoms with E-state index in [-0.39, 0.29) is 11.4 Å². The van der Waals surface area contributed by atoms with Gasteiger partial charge >= 0.3 is 0 Å². The molecule has 4 nitrogen and oxygen atoms in total. The van der Waals surface area contributed by atoms with Crippen molar-refractivity contribution in [3.8, 4) is 0 Å². The van der Waals surface area contributed by atoms with Crippen LogP contribution in [-0.4, -0.2) is 21.0 Å². The molecule has 4 aliphatic carbocycles. The van der Waals surface area contributed by atoms with Crippen LogP contribution in [-0.2, 0) is 18.3 Å². The molecule has 0 atom stereocenters. The highest BCUT2D eigenvalue weighted by Crippen LogP contribution is 2.55. The first kappa shape index (κ1) is 12.4. The fourth-order valence-corrected chi connectivity index (χ4v) is 5.31. The molecule has 4 aliphatic rings. The third-order valence-corrected chi connectivity index (χ3v) is 5.68. The van der Waals surface area contributed by atoms with Gasteiger partial charge in [-0.2, -0.15) is 0 Å². The normalized spacial score (nSPS) is 38.1. The Morgan fingerprint density at radius 3 is 2.40 bits per heavy atom. The third kappa shape index (κ3) is 2.05. The van der Waals surface area contributed by atoms with Crippen molar-refractivity contribution >= 4 is 5.91 Å². The van der Waals surface area contributed by atoms with Gasteiger partial charge in [-0.3, -0.25) is 4.79 Å². The van der Waals surface area contributed by atoms with Crippen LogP contribution in [0.25, 0.3) is 0 Å². The fraction of sp³-hybridized carbons (Fsp3) is 0.750. The first-order chi connectivity index (χ1) is 9.62. The van der Waals surface area contributed by atoms with Crippen molar-refractivity contribution in [1.29, 1.82) is 0 Å². The van der Waals surface area contributed by atoms with Crippen LogP contribution in [0.4, 0.5) is 0 Å². The van der Waals surface area contributed by atoms with Gasteiger partial charge in [0.15, 0.2) is 0 Å². The highest BCUT2D eigenvalue weighted by molar-refractivity contribution is 5.78. The SMILES string of the molecule is Cn1ccnc1CC(=O)NC12CC3CC(CC(C3)C1)C2. The number of hydrogen-bond acceptors (Lipinski definition) is 2. The zero-order chi connectivity index (χ0) is 13.7. The summed E-state index contributed by atoms with van der Waals surface area (Å²) in [5, 5.41) is 3.40. The van der Waals surface area contributed by atoms with Crippen LogP contribution < -0.4 is 5.32 Å². The number of amides is 1. The number of rotatable bonds is 3. The van der Waals surface area contributed by atoms with Crippen LogP contribution in [0, 0.1) is 17.8 Å². The number of carbonyl (C=O) groups is 1. The van der Waals surface area contributed by atoms with E-state index >= 15 is 0 Å². The smallest absolute Gasteiger partial charge is 0.228 e. The highest BCUT2D eigenvalue weighted by atomic mass is 16.1. The van der Waals surface area contributed by atoms with Crippen LogP contribution in [0.1, 0.15) is 44.3 Å². The molecule has 0 saturated heterocycles. The van der Waals surface area contributed by atoms with E-state index in [1.807, 2.05) is 17.8 Å². The first-order valence-electron chi connectivity index (χ1n) is 7.89. The zero-order valence-electron chi connectivity index (χ0n) is 12.1.